The fourth-order valence-corrected chi connectivity index (χ4v) is 3.80. The van der Waals surface area contributed by atoms with Crippen LogP contribution < -0.4 is 10.1 Å². The number of carbonyl (C=O) groups is 3. The van der Waals surface area contributed by atoms with E-state index < -0.39 is 5.97 Å². The van der Waals surface area contributed by atoms with Crippen LogP contribution in [0, 0.1) is 11.3 Å². The molecule has 7 nitrogen and oxygen atoms in total. The first-order valence-corrected chi connectivity index (χ1v) is 8.07. The van der Waals surface area contributed by atoms with Crippen LogP contribution in [-0.4, -0.2) is 47.5 Å². The molecule has 0 aromatic heterocycles. The van der Waals surface area contributed by atoms with Gasteiger partial charge in [0.25, 0.3) is 11.8 Å². The summed E-state index contributed by atoms with van der Waals surface area (Å²) in [6, 6.07) is 5.02. The number of hydrogen-bond donors (Lipinski definition) is 2. The van der Waals surface area contributed by atoms with Crippen molar-refractivity contribution in [2.75, 3.05) is 25.0 Å². The highest BCUT2D eigenvalue weighted by molar-refractivity contribution is 5.99. The summed E-state index contributed by atoms with van der Waals surface area (Å²) >= 11 is 0. The third-order valence-electron chi connectivity index (χ3n) is 5.39. The number of anilines is 1. The van der Waals surface area contributed by atoms with Gasteiger partial charge in [-0.2, -0.15) is 0 Å². The van der Waals surface area contributed by atoms with Gasteiger partial charge in [0.1, 0.15) is 5.75 Å². The van der Waals surface area contributed by atoms with Crippen LogP contribution >= 0.6 is 0 Å². The SMILES string of the molecule is O=C1COc2ccc(C(=O)N3CCC4(CC3)CC4C(=O)O)cc2N1. The summed E-state index contributed by atoms with van der Waals surface area (Å²) in [7, 11) is 0. The molecule has 1 saturated heterocycles. The van der Waals surface area contributed by atoms with Crippen molar-refractivity contribution in [3.8, 4) is 5.75 Å². The predicted octanol–water partition coefficient (Wildman–Crippen LogP) is 1.34. The molecular formula is C17H18N2O5. The van der Waals surface area contributed by atoms with Gasteiger partial charge in [-0.3, -0.25) is 14.4 Å². The van der Waals surface area contributed by atoms with E-state index in [9.17, 15) is 14.4 Å². The van der Waals surface area contributed by atoms with Crippen LogP contribution in [0.1, 0.15) is 29.6 Å². The Morgan fingerprint density at radius 1 is 1.29 bits per heavy atom. The van der Waals surface area contributed by atoms with Crippen molar-refractivity contribution in [3.63, 3.8) is 0 Å². The summed E-state index contributed by atoms with van der Waals surface area (Å²) in [5, 5.41) is 11.8. The Hall–Kier alpha value is -2.57. The van der Waals surface area contributed by atoms with Crippen LogP contribution in [0.5, 0.6) is 5.75 Å². The molecule has 2 heterocycles. The number of likely N-dealkylation sites (tertiary alicyclic amines) is 1. The Labute approximate surface area is 138 Å². The molecule has 2 fully saturated rings. The lowest BCUT2D eigenvalue weighted by Crippen LogP contribution is -2.40. The van der Waals surface area contributed by atoms with Gasteiger partial charge >= 0.3 is 5.97 Å². The van der Waals surface area contributed by atoms with Crippen LogP contribution in [0.15, 0.2) is 18.2 Å². The first kappa shape index (κ1) is 15.0. The lowest BCUT2D eigenvalue weighted by molar-refractivity contribution is -0.139. The quantitative estimate of drug-likeness (QED) is 0.853. The smallest absolute Gasteiger partial charge is 0.307 e. The number of rotatable bonds is 2. The van der Waals surface area contributed by atoms with Gasteiger partial charge in [0, 0.05) is 18.7 Å². The van der Waals surface area contributed by atoms with E-state index in [-0.39, 0.29) is 29.8 Å². The molecule has 2 N–H and O–H groups in total. The second-order valence-electron chi connectivity index (χ2n) is 6.80. The standard InChI is InChI=1S/C17H18N2O5/c20-14-9-24-13-2-1-10(7-12(13)18-14)15(21)19-5-3-17(4-6-19)8-11(17)16(22)23/h1-2,7,11H,3-6,8-9H2,(H,18,20)(H,22,23). The van der Waals surface area contributed by atoms with E-state index in [0.29, 0.717) is 30.1 Å². The number of aliphatic carboxylic acids is 1. The first-order chi connectivity index (χ1) is 11.5. The van der Waals surface area contributed by atoms with Crippen molar-refractivity contribution >= 4 is 23.5 Å². The topological polar surface area (TPSA) is 95.9 Å². The molecule has 0 radical (unpaired) electrons. The minimum absolute atomic E-state index is 0.0146. The highest BCUT2D eigenvalue weighted by Crippen LogP contribution is 2.59. The van der Waals surface area contributed by atoms with Crippen molar-refractivity contribution in [2.24, 2.45) is 11.3 Å². The Morgan fingerprint density at radius 3 is 2.71 bits per heavy atom. The third kappa shape index (κ3) is 2.40. The van der Waals surface area contributed by atoms with Gasteiger partial charge in [-0.15, -0.1) is 0 Å². The normalized spacial score (nSPS) is 23.9. The molecule has 126 valence electrons. The van der Waals surface area contributed by atoms with Crippen LogP contribution in [0.3, 0.4) is 0 Å². The maximum atomic E-state index is 12.7. The van der Waals surface area contributed by atoms with Crippen molar-refractivity contribution < 1.29 is 24.2 Å². The molecule has 1 aromatic carbocycles. The summed E-state index contributed by atoms with van der Waals surface area (Å²) in [4.78, 5) is 36.9. The zero-order valence-electron chi connectivity index (χ0n) is 13.1. The van der Waals surface area contributed by atoms with Gasteiger partial charge < -0.3 is 20.1 Å². The van der Waals surface area contributed by atoms with Gasteiger partial charge in [0.15, 0.2) is 6.61 Å². The Balaban J connectivity index is 1.45. The molecule has 1 aromatic rings. The molecule has 7 heteroatoms. The van der Waals surface area contributed by atoms with E-state index in [4.69, 9.17) is 9.84 Å². The Kier molecular flexibility index (Phi) is 3.26. The van der Waals surface area contributed by atoms with E-state index >= 15 is 0 Å². The summed E-state index contributed by atoms with van der Waals surface area (Å²) in [6.07, 6.45) is 2.20. The molecule has 0 bridgehead atoms. The summed E-state index contributed by atoms with van der Waals surface area (Å²) < 4.78 is 5.29. The largest absolute Gasteiger partial charge is 0.482 e. The molecule has 3 aliphatic rings. The average molecular weight is 330 g/mol. The van der Waals surface area contributed by atoms with Crippen LogP contribution in [0.4, 0.5) is 5.69 Å². The predicted molar refractivity (Wildman–Crippen MR) is 83.9 cm³/mol. The number of amides is 2. The Bertz CT molecular complexity index is 736. The van der Waals surface area contributed by atoms with E-state index in [1.807, 2.05) is 0 Å². The van der Waals surface area contributed by atoms with Crippen molar-refractivity contribution in [1.29, 1.82) is 0 Å². The maximum Gasteiger partial charge on any atom is 0.307 e. The summed E-state index contributed by atoms with van der Waals surface area (Å²) in [5.41, 5.74) is 0.917. The minimum atomic E-state index is -0.722. The van der Waals surface area contributed by atoms with E-state index in [1.54, 1.807) is 23.1 Å². The lowest BCUT2D eigenvalue weighted by Gasteiger charge is -2.33. The molecule has 24 heavy (non-hydrogen) atoms. The number of nitrogens with zero attached hydrogens (tertiary/aromatic N) is 1. The van der Waals surface area contributed by atoms with Crippen LogP contribution in [0.25, 0.3) is 0 Å². The second kappa shape index (κ2) is 5.22. The number of nitrogens with one attached hydrogen (secondary N) is 1. The summed E-state index contributed by atoms with van der Waals surface area (Å²) in [5.74, 6) is -0.738. The molecular weight excluding hydrogens is 312 g/mol. The number of carboxylic acids is 1. The van der Waals surface area contributed by atoms with E-state index in [0.717, 1.165) is 19.3 Å². The lowest BCUT2D eigenvalue weighted by atomic mass is 9.90. The van der Waals surface area contributed by atoms with Crippen molar-refractivity contribution in [2.45, 2.75) is 19.3 Å². The Morgan fingerprint density at radius 2 is 2.04 bits per heavy atom. The van der Waals surface area contributed by atoms with E-state index in [2.05, 4.69) is 5.32 Å². The van der Waals surface area contributed by atoms with Crippen LogP contribution in [0.2, 0.25) is 0 Å². The van der Waals surface area contributed by atoms with Gasteiger partial charge in [0.2, 0.25) is 0 Å². The molecule has 1 unspecified atom stereocenters. The number of piperidine rings is 1. The molecule has 1 aliphatic carbocycles. The maximum absolute atomic E-state index is 12.7. The first-order valence-electron chi connectivity index (χ1n) is 8.07. The molecule has 2 amide bonds. The number of hydrogen-bond acceptors (Lipinski definition) is 4. The van der Waals surface area contributed by atoms with Gasteiger partial charge in [0.05, 0.1) is 11.6 Å². The van der Waals surface area contributed by atoms with E-state index in [1.165, 1.54) is 0 Å². The fraction of sp³-hybridized carbons (Fsp3) is 0.471. The second-order valence-corrected chi connectivity index (χ2v) is 6.80. The van der Waals surface area contributed by atoms with Crippen LogP contribution in [-0.2, 0) is 9.59 Å². The van der Waals surface area contributed by atoms with Gasteiger partial charge in [-0.05, 0) is 42.9 Å². The number of carbonyl (C=O) groups excluding carboxylic acids is 2. The highest BCUT2D eigenvalue weighted by Gasteiger charge is 2.59. The molecule has 1 spiro atoms. The fourth-order valence-electron chi connectivity index (χ4n) is 3.80. The number of ether oxygens (including phenoxy) is 1. The molecule has 2 aliphatic heterocycles. The van der Waals surface area contributed by atoms with Crippen molar-refractivity contribution in [3.05, 3.63) is 23.8 Å². The number of carboxylic acid groups (broad SMARTS) is 1. The highest BCUT2D eigenvalue weighted by atomic mass is 16.5. The average Bonchev–Trinajstić information content (AvgIpc) is 3.28. The van der Waals surface area contributed by atoms with Gasteiger partial charge in [-0.25, -0.2) is 0 Å². The number of fused-ring (bicyclic) bond motifs is 1. The van der Waals surface area contributed by atoms with Gasteiger partial charge in [-0.1, -0.05) is 0 Å². The van der Waals surface area contributed by atoms with Crippen molar-refractivity contribution in [1.82, 2.24) is 4.90 Å². The minimum Gasteiger partial charge on any atom is -0.482 e. The zero-order chi connectivity index (χ0) is 16.9. The molecule has 1 atom stereocenters. The third-order valence-corrected chi connectivity index (χ3v) is 5.39. The zero-order valence-corrected chi connectivity index (χ0v) is 13.1. The molecule has 1 saturated carbocycles. The molecule has 4 rings (SSSR count). The monoisotopic (exact) mass is 330 g/mol. The number of benzene rings is 1. The summed E-state index contributed by atoms with van der Waals surface area (Å²) in [6.45, 7) is 1.13.